The molecule has 2 rings (SSSR count). The predicted molar refractivity (Wildman–Crippen MR) is 88.7 cm³/mol. The van der Waals surface area contributed by atoms with E-state index < -0.39 is 0 Å². The molecule has 21 heavy (non-hydrogen) atoms. The number of thiazole rings is 1. The number of methoxy groups -OCH3 is 1. The number of nitrogens with zero attached hydrogens (tertiary/aromatic N) is 2. The second-order valence-corrected chi connectivity index (χ2v) is 5.70. The summed E-state index contributed by atoms with van der Waals surface area (Å²) in [5, 5.41) is 3.53. The molecule has 0 saturated carbocycles. The van der Waals surface area contributed by atoms with Gasteiger partial charge in [0.2, 0.25) is 0 Å². The number of ether oxygens (including phenoxy) is 1. The van der Waals surface area contributed by atoms with Crippen molar-refractivity contribution in [1.29, 1.82) is 0 Å². The minimum Gasteiger partial charge on any atom is -0.495 e. The van der Waals surface area contributed by atoms with Gasteiger partial charge in [0.15, 0.2) is 5.96 Å². The number of aryl methyl sites for hydroxylation is 1. The van der Waals surface area contributed by atoms with E-state index in [0.717, 1.165) is 17.8 Å². The fourth-order valence-corrected chi connectivity index (χ4v) is 2.80. The maximum absolute atomic E-state index is 6.05. The highest BCUT2D eigenvalue weighted by molar-refractivity contribution is 7.09. The van der Waals surface area contributed by atoms with Crippen LogP contribution < -0.4 is 15.8 Å². The first-order chi connectivity index (χ1) is 10.1. The van der Waals surface area contributed by atoms with Crippen molar-refractivity contribution in [2.24, 2.45) is 10.7 Å². The van der Waals surface area contributed by atoms with Crippen LogP contribution in [0.1, 0.15) is 10.6 Å². The number of aliphatic imine (C=N–C) groups is 1. The van der Waals surface area contributed by atoms with E-state index in [1.54, 1.807) is 30.6 Å². The van der Waals surface area contributed by atoms with Gasteiger partial charge in [-0.25, -0.2) is 4.98 Å². The van der Waals surface area contributed by atoms with Gasteiger partial charge in [0.25, 0.3) is 0 Å². The lowest BCUT2D eigenvalue weighted by Gasteiger charge is -2.08. The molecular formula is C14H17ClN4OS. The maximum Gasteiger partial charge on any atom is 0.193 e. The monoisotopic (exact) mass is 324 g/mol. The highest BCUT2D eigenvalue weighted by Gasteiger charge is 2.03. The predicted octanol–water partition coefficient (Wildman–Crippen LogP) is 3.08. The van der Waals surface area contributed by atoms with E-state index in [1.807, 2.05) is 18.5 Å². The molecule has 3 N–H and O–H groups in total. The van der Waals surface area contributed by atoms with Gasteiger partial charge in [-0.3, -0.25) is 4.99 Å². The minimum absolute atomic E-state index is 0.360. The Morgan fingerprint density at radius 1 is 1.52 bits per heavy atom. The number of aromatic nitrogens is 1. The van der Waals surface area contributed by atoms with Crippen molar-refractivity contribution in [1.82, 2.24) is 4.98 Å². The van der Waals surface area contributed by atoms with Gasteiger partial charge in [-0.1, -0.05) is 11.6 Å². The molecule has 0 aliphatic rings. The number of hydrogen-bond acceptors (Lipinski definition) is 4. The van der Waals surface area contributed by atoms with Gasteiger partial charge in [0, 0.05) is 23.5 Å². The van der Waals surface area contributed by atoms with Crippen LogP contribution in [0.5, 0.6) is 5.75 Å². The third kappa shape index (κ3) is 4.34. The van der Waals surface area contributed by atoms with Crippen LogP contribution in [0, 0.1) is 6.92 Å². The first kappa shape index (κ1) is 15.6. The zero-order valence-corrected chi connectivity index (χ0v) is 13.5. The van der Waals surface area contributed by atoms with Gasteiger partial charge < -0.3 is 15.8 Å². The Kier molecular flexibility index (Phi) is 5.41. The van der Waals surface area contributed by atoms with Gasteiger partial charge in [-0.2, -0.15) is 0 Å². The lowest BCUT2D eigenvalue weighted by atomic mass is 10.3. The first-order valence-corrected chi connectivity index (χ1v) is 7.65. The van der Waals surface area contributed by atoms with Crippen molar-refractivity contribution in [3.63, 3.8) is 0 Å². The number of hydrogen-bond donors (Lipinski definition) is 2. The van der Waals surface area contributed by atoms with Gasteiger partial charge in [0.05, 0.1) is 23.3 Å². The van der Waals surface area contributed by atoms with Gasteiger partial charge in [-0.05, 0) is 25.1 Å². The Labute approximate surface area is 132 Å². The summed E-state index contributed by atoms with van der Waals surface area (Å²) in [5.41, 5.74) is 9.53. The molecule has 0 radical (unpaired) electrons. The highest BCUT2D eigenvalue weighted by atomic mass is 35.5. The van der Waals surface area contributed by atoms with Crippen molar-refractivity contribution < 1.29 is 4.74 Å². The number of anilines is 1. The van der Waals surface area contributed by atoms with Crippen molar-refractivity contribution in [3.8, 4) is 5.75 Å². The number of halogens is 1. The normalized spacial score (nSPS) is 11.5. The smallest absolute Gasteiger partial charge is 0.193 e. The van der Waals surface area contributed by atoms with Crippen molar-refractivity contribution in [2.45, 2.75) is 13.3 Å². The Morgan fingerprint density at radius 2 is 2.33 bits per heavy atom. The summed E-state index contributed by atoms with van der Waals surface area (Å²) < 4.78 is 5.10. The van der Waals surface area contributed by atoms with E-state index >= 15 is 0 Å². The molecule has 0 fully saturated rings. The highest BCUT2D eigenvalue weighted by Crippen LogP contribution is 2.27. The Bertz CT molecular complexity index is 642. The van der Waals surface area contributed by atoms with Crippen LogP contribution in [0.2, 0.25) is 5.02 Å². The fourth-order valence-electron chi connectivity index (χ4n) is 1.78. The summed E-state index contributed by atoms with van der Waals surface area (Å²) in [6, 6.07) is 5.36. The number of benzene rings is 1. The quantitative estimate of drug-likeness (QED) is 0.655. The van der Waals surface area contributed by atoms with E-state index in [9.17, 15) is 0 Å². The molecule has 0 aliphatic carbocycles. The summed E-state index contributed by atoms with van der Waals surface area (Å²) in [5.74, 6) is 0.983. The summed E-state index contributed by atoms with van der Waals surface area (Å²) in [6.07, 6.45) is 0.836. The number of nitrogens with one attached hydrogen (secondary N) is 1. The van der Waals surface area contributed by atoms with Gasteiger partial charge in [-0.15, -0.1) is 11.3 Å². The van der Waals surface area contributed by atoms with E-state index in [0.29, 0.717) is 23.3 Å². The molecule has 2 aromatic rings. The van der Waals surface area contributed by atoms with E-state index in [4.69, 9.17) is 22.1 Å². The van der Waals surface area contributed by atoms with Crippen LogP contribution in [-0.2, 0) is 6.42 Å². The van der Waals surface area contributed by atoms with Gasteiger partial charge >= 0.3 is 0 Å². The first-order valence-electron chi connectivity index (χ1n) is 6.39. The third-order valence-electron chi connectivity index (χ3n) is 2.89. The zero-order valence-electron chi connectivity index (χ0n) is 11.9. The average molecular weight is 325 g/mol. The van der Waals surface area contributed by atoms with Crippen molar-refractivity contribution in [3.05, 3.63) is 39.3 Å². The van der Waals surface area contributed by atoms with Crippen LogP contribution in [0.25, 0.3) is 0 Å². The molecule has 0 spiro atoms. The second kappa shape index (κ2) is 7.28. The molecule has 1 aromatic heterocycles. The SMILES string of the molecule is COc1ccc(NC(N)=NCCc2scnc2C)cc1Cl. The third-order valence-corrected chi connectivity index (χ3v) is 4.18. The molecule has 0 unspecified atom stereocenters. The molecule has 1 heterocycles. The summed E-state index contributed by atoms with van der Waals surface area (Å²) in [6.45, 7) is 2.61. The largest absolute Gasteiger partial charge is 0.495 e. The standard InChI is InChI=1S/C14H17ClN4OS/c1-9-13(21-8-18-9)5-6-17-14(16)19-10-3-4-12(20-2)11(15)7-10/h3-4,7-8H,5-6H2,1-2H3,(H3,16,17,19). The molecule has 7 heteroatoms. The topological polar surface area (TPSA) is 72.5 Å². The van der Waals surface area contributed by atoms with E-state index in [-0.39, 0.29) is 0 Å². The molecule has 0 atom stereocenters. The van der Waals surface area contributed by atoms with Crippen LogP contribution >= 0.6 is 22.9 Å². The molecule has 112 valence electrons. The van der Waals surface area contributed by atoms with Crippen LogP contribution in [0.3, 0.4) is 0 Å². The lowest BCUT2D eigenvalue weighted by molar-refractivity contribution is 0.415. The summed E-state index contributed by atoms with van der Waals surface area (Å²) >= 11 is 7.69. The molecule has 0 amide bonds. The minimum atomic E-state index is 0.360. The Balaban J connectivity index is 1.91. The van der Waals surface area contributed by atoms with Crippen molar-refractivity contribution >= 4 is 34.6 Å². The summed E-state index contributed by atoms with van der Waals surface area (Å²) in [7, 11) is 1.57. The average Bonchev–Trinajstić information content (AvgIpc) is 2.85. The molecule has 0 saturated heterocycles. The molecule has 0 aliphatic heterocycles. The van der Waals surface area contributed by atoms with Gasteiger partial charge in [0.1, 0.15) is 5.75 Å². The van der Waals surface area contributed by atoms with E-state index in [1.165, 1.54) is 4.88 Å². The number of guanidine groups is 1. The van der Waals surface area contributed by atoms with Crippen LogP contribution in [0.4, 0.5) is 5.69 Å². The van der Waals surface area contributed by atoms with Crippen LogP contribution in [-0.4, -0.2) is 24.6 Å². The Morgan fingerprint density at radius 3 is 2.95 bits per heavy atom. The lowest BCUT2D eigenvalue weighted by Crippen LogP contribution is -2.23. The molecule has 0 bridgehead atoms. The second-order valence-electron chi connectivity index (χ2n) is 4.35. The maximum atomic E-state index is 6.05. The molecule has 5 nitrogen and oxygen atoms in total. The number of rotatable bonds is 5. The zero-order chi connectivity index (χ0) is 15.2. The molecule has 1 aromatic carbocycles. The van der Waals surface area contributed by atoms with Crippen LogP contribution in [0.15, 0.2) is 28.7 Å². The molecular weight excluding hydrogens is 308 g/mol. The Hall–Kier alpha value is -1.79. The van der Waals surface area contributed by atoms with E-state index in [2.05, 4.69) is 15.3 Å². The summed E-state index contributed by atoms with van der Waals surface area (Å²) in [4.78, 5) is 9.74. The van der Waals surface area contributed by atoms with Crippen molar-refractivity contribution in [2.75, 3.05) is 19.0 Å². The fraction of sp³-hybridized carbons (Fsp3) is 0.286. The number of nitrogens with two attached hydrogens (primary N) is 1.